The van der Waals surface area contributed by atoms with Crippen LogP contribution < -0.4 is 10.2 Å². The van der Waals surface area contributed by atoms with Crippen molar-refractivity contribution < 1.29 is 14.3 Å². The van der Waals surface area contributed by atoms with Crippen LogP contribution in [0.4, 0.5) is 5.13 Å². The number of nitrogens with zero attached hydrogens (tertiary/aromatic N) is 3. The minimum absolute atomic E-state index is 0.144. The number of aromatic nitrogens is 1. The lowest BCUT2D eigenvalue weighted by atomic mass is 10.2. The van der Waals surface area contributed by atoms with Crippen molar-refractivity contribution in [1.29, 1.82) is 5.26 Å². The molecule has 0 aliphatic rings. The summed E-state index contributed by atoms with van der Waals surface area (Å²) in [5.41, 5.74) is 4.32. The fourth-order valence-electron chi connectivity index (χ4n) is 2.20. The van der Waals surface area contributed by atoms with Gasteiger partial charge in [-0.15, -0.1) is 11.3 Å². The standard InChI is InChI=1S/C19H21BrN4O3S/c1-2-26-18(25)11-16-13-28-19(23-16)24-22-12-14-10-15(20)6-7-17(14)27-9-5-3-4-8-21/h6-7,10,12-13H,2-5,9,11H2,1H3,(H,23,24). The molecule has 1 N–H and O–H groups in total. The molecule has 0 fully saturated rings. The lowest BCUT2D eigenvalue weighted by Crippen LogP contribution is -2.07. The summed E-state index contributed by atoms with van der Waals surface area (Å²) in [6, 6.07) is 7.80. The van der Waals surface area contributed by atoms with Gasteiger partial charge in [-0.05, 0) is 38.0 Å². The Morgan fingerprint density at radius 3 is 3.11 bits per heavy atom. The Kier molecular flexibility index (Phi) is 9.45. The van der Waals surface area contributed by atoms with Gasteiger partial charge in [-0.1, -0.05) is 15.9 Å². The van der Waals surface area contributed by atoms with E-state index in [-0.39, 0.29) is 12.4 Å². The summed E-state index contributed by atoms with van der Waals surface area (Å²) in [6.45, 7) is 2.67. The molecule has 0 aliphatic carbocycles. The van der Waals surface area contributed by atoms with E-state index in [1.54, 1.807) is 18.5 Å². The number of hydrogen-bond acceptors (Lipinski definition) is 8. The average molecular weight is 465 g/mol. The fraction of sp³-hybridized carbons (Fsp3) is 0.368. The molecule has 2 rings (SSSR count). The Labute approximate surface area is 176 Å². The molecule has 0 radical (unpaired) electrons. The predicted octanol–water partition coefficient (Wildman–Crippen LogP) is 4.53. The first-order chi connectivity index (χ1) is 13.6. The number of nitriles is 1. The highest BCUT2D eigenvalue weighted by molar-refractivity contribution is 9.10. The van der Waals surface area contributed by atoms with Crippen LogP contribution in [0.15, 0.2) is 33.2 Å². The van der Waals surface area contributed by atoms with Gasteiger partial charge in [-0.3, -0.25) is 10.2 Å². The number of nitrogens with one attached hydrogen (secondary N) is 1. The lowest BCUT2D eigenvalue weighted by molar-refractivity contribution is -0.142. The molecule has 1 aromatic heterocycles. The van der Waals surface area contributed by atoms with E-state index >= 15 is 0 Å². The number of benzene rings is 1. The van der Waals surface area contributed by atoms with E-state index in [0.717, 1.165) is 22.9 Å². The minimum atomic E-state index is -0.298. The zero-order chi connectivity index (χ0) is 20.2. The van der Waals surface area contributed by atoms with Crippen molar-refractivity contribution in [3.05, 3.63) is 39.3 Å². The summed E-state index contributed by atoms with van der Waals surface area (Å²) in [6.07, 6.45) is 3.97. The van der Waals surface area contributed by atoms with E-state index in [1.165, 1.54) is 11.3 Å². The van der Waals surface area contributed by atoms with Gasteiger partial charge in [0.05, 0.1) is 37.6 Å². The van der Waals surface area contributed by atoms with Gasteiger partial charge in [0, 0.05) is 21.8 Å². The smallest absolute Gasteiger partial charge is 0.311 e. The molecular formula is C19H21BrN4O3S. The van der Waals surface area contributed by atoms with Gasteiger partial charge in [0.25, 0.3) is 0 Å². The molecule has 0 saturated heterocycles. The maximum absolute atomic E-state index is 11.5. The molecule has 2 aromatic rings. The highest BCUT2D eigenvalue weighted by Crippen LogP contribution is 2.22. The van der Waals surface area contributed by atoms with Crippen LogP contribution in [-0.2, 0) is 16.0 Å². The van der Waals surface area contributed by atoms with Gasteiger partial charge in [-0.25, -0.2) is 4.98 Å². The average Bonchev–Trinajstić information content (AvgIpc) is 3.10. The molecule has 0 amide bonds. The molecule has 0 bridgehead atoms. The molecular weight excluding hydrogens is 444 g/mol. The van der Waals surface area contributed by atoms with Crippen LogP contribution in [-0.4, -0.2) is 30.4 Å². The Bertz CT molecular complexity index is 848. The number of hydrogen-bond donors (Lipinski definition) is 1. The summed E-state index contributed by atoms with van der Waals surface area (Å²) < 4.78 is 11.6. The summed E-state index contributed by atoms with van der Waals surface area (Å²) in [7, 11) is 0. The van der Waals surface area contributed by atoms with E-state index < -0.39 is 0 Å². The summed E-state index contributed by atoms with van der Waals surface area (Å²) >= 11 is 4.81. The molecule has 28 heavy (non-hydrogen) atoms. The van der Waals surface area contributed by atoms with Gasteiger partial charge in [-0.2, -0.15) is 10.4 Å². The van der Waals surface area contributed by atoms with E-state index in [4.69, 9.17) is 14.7 Å². The number of anilines is 1. The minimum Gasteiger partial charge on any atom is -0.493 e. The van der Waals surface area contributed by atoms with Crippen LogP contribution >= 0.6 is 27.3 Å². The van der Waals surface area contributed by atoms with Crippen molar-refractivity contribution in [3.8, 4) is 11.8 Å². The highest BCUT2D eigenvalue weighted by Gasteiger charge is 2.08. The molecule has 9 heteroatoms. The van der Waals surface area contributed by atoms with Gasteiger partial charge in [0.2, 0.25) is 5.13 Å². The van der Waals surface area contributed by atoms with Crippen molar-refractivity contribution in [2.45, 2.75) is 32.6 Å². The third-order valence-electron chi connectivity index (χ3n) is 3.46. The number of carbonyl (C=O) groups excluding carboxylic acids is 1. The predicted molar refractivity (Wildman–Crippen MR) is 113 cm³/mol. The quantitative estimate of drug-likeness (QED) is 0.227. The largest absolute Gasteiger partial charge is 0.493 e. The number of carbonyl (C=O) groups is 1. The molecule has 0 aliphatic heterocycles. The van der Waals surface area contributed by atoms with Crippen molar-refractivity contribution in [3.63, 3.8) is 0 Å². The van der Waals surface area contributed by atoms with Crippen LogP contribution in [0.2, 0.25) is 0 Å². The second-order valence-corrected chi connectivity index (χ2v) is 7.42. The van der Waals surface area contributed by atoms with Gasteiger partial charge in [0.1, 0.15) is 5.75 Å². The van der Waals surface area contributed by atoms with E-state index in [2.05, 4.69) is 37.5 Å². The maximum Gasteiger partial charge on any atom is 0.311 e. The second-order valence-electron chi connectivity index (χ2n) is 5.64. The van der Waals surface area contributed by atoms with E-state index in [9.17, 15) is 4.79 Å². The monoisotopic (exact) mass is 464 g/mol. The molecule has 7 nitrogen and oxygen atoms in total. The van der Waals surface area contributed by atoms with Crippen LogP contribution in [0.5, 0.6) is 5.75 Å². The first-order valence-corrected chi connectivity index (χ1v) is 10.5. The number of unbranched alkanes of at least 4 members (excludes halogenated alkanes) is 2. The number of ether oxygens (including phenoxy) is 2. The number of esters is 1. The third kappa shape index (κ3) is 7.66. The highest BCUT2D eigenvalue weighted by atomic mass is 79.9. The molecule has 0 spiro atoms. The SMILES string of the molecule is CCOC(=O)Cc1csc(NN=Cc2cc(Br)ccc2OCCCCC#N)n1. The topological polar surface area (TPSA) is 96.6 Å². The van der Waals surface area contributed by atoms with E-state index in [0.29, 0.717) is 36.2 Å². The molecule has 1 heterocycles. The molecule has 0 unspecified atom stereocenters. The number of thiazole rings is 1. The number of halogens is 1. The van der Waals surface area contributed by atoms with E-state index in [1.807, 2.05) is 18.2 Å². The normalized spacial score (nSPS) is 10.6. The molecule has 0 atom stereocenters. The summed E-state index contributed by atoms with van der Waals surface area (Å²) in [4.78, 5) is 15.8. The molecule has 1 aromatic carbocycles. The zero-order valence-electron chi connectivity index (χ0n) is 15.5. The van der Waals surface area contributed by atoms with Crippen molar-refractivity contribution in [1.82, 2.24) is 4.98 Å². The Balaban J connectivity index is 1.92. The Hall–Kier alpha value is -2.44. The summed E-state index contributed by atoms with van der Waals surface area (Å²) in [5, 5.41) is 15.2. The van der Waals surface area contributed by atoms with Crippen LogP contribution in [0.3, 0.4) is 0 Å². The molecule has 0 saturated carbocycles. The third-order valence-corrected chi connectivity index (χ3v) is 4.75. The van der Waals surface area contributed by atoms with Gasteiger partial charge >= 0.3 is 5.97 Å². The zero-order valence-corrected chi connectivity index (χ0v) is 17.9. The van der Waals surface area contributed by atoms with Gasteiger partial charge < -0.3 is 9.47 Å². The van der Waals surface area contributed by atoms with Crippen LogP contribution in [0, 0.1) is 11.3 Å². The first-order valence-electron chi connectivity index (χ1n) is 8.80. The number of hydrazone groups is 1. The lowest BCUT2D eigenvalue weighted by Gasteiger charge is -2.09. The Morgan fingerprint density at radius 1 is 1.46 bits per heavy atom. The van der Waals surface area contributed by atoms with Crippen molar-refractivity contribution in [2.75, 3.05) is 18.6 Å². The first kappa shape index (κ1) is 21.9. The van der Waals surface area contributed by atoms with Crippen LogP contribution in [0.25, 0.3) is 0 Å². The maximum atomic E-state index is 11.5. The van der Waals surface area contributed by atoms with Crippen LogP contribution in [0.1, 0.15) is 37.4 Å². The van der Waals surface area contributed by atoms with Gasteiger partial charge in [0.15, 0.2) is 0 Å². The Morgan fingerprint density at radius 2 is 2.32 bits per heavy atom. The second kappa shape index (κ2) is 12.1. The van der Waals surface area contributed by atoms with Crippen molar-refractivity contribution in [2.24, 2.45) is 5.10 Å². The van der Waals surface area contributed by atoms with Crippen molar-refractivity contribution >= 4 is 44.6 Å². The fourth-order valence-corrected chi connectivity index (χ4v) is 3.23. The summed E-state index contributed by atoms with van der Waals surface area (Å²) in [5.74, 6) is 0.418. The number of rotatable bonds is 11. The molecule has 148 valence electrons.